The smallest absolute Gasteiger partial charge is 0.139 e. The maximum Gasteiger partial charge on any atom is 0.139 e. The molecule has 2 aromatic rings. The summed E-state index contributed by atoms with van der Waals surface area (Å²) >= 11 is 0. The number of benzene rings is 1. The van der Waals surface area contributed by atoms with Gasteiger partial charge in [0.25, 0.3) is 0 Å². The number of rotatable bonds is 2. The van der Waals surface area contributed by atoms with E-state index in [0.717, 1.165) is 49.8 Å². The molecule has 0 amide bonds. The molecule has 0 saturated heterocycles. The first kappa shape index (κ1) is 12.4. The average Bonchev–Trinajstić information content (AvgIpc) is 3.09. The first-order valence-electron chi connectivity index (χ1n) is 7.47. The zero-order chi connectivity index (χ0) is 14.1. The summed E-state index contributed by atoms with van der Waals surface area (Å²) < 4.78 is 0. The van der Waals surface area contributed by atoms with Gasteiger partial charge in [0.2, 0.25) is 0 Å². The number of amidine groups is 1. The highest BCUT2D eigenvalue weighted by atomic mass is 15.2. The van der Waals surface area contributed by atoms with Crippen molar-refractivity contribution < 1.29 is 0 Å². The quantitative estimate of drug-likeness (QED) is 0.913. The predicted molar refractivity (Wildman–Crippen MR) is 84.8 cm³/mol. The van der Waals surface area contributed by atoms with Gasteiger partial charge < -0.3 is 10.2 Å². The van der Waals surface area contributed by atoms with Gasteiger partial charge in [-0.3, -0.25) is 4.99 Å². The zero-order valence-electron chi connectivity index (χ0n) is 11.9. The second-order valence-electron chi connectivity index (χ2n) is 5.47. The molecule has 0 bridgehead atoms. The maximum absolute atomic E-state index is 4.62. The molecular formula is C17H18N4. The lowest BCUT2D eigenvalue weighted by molar-refractivity contribution is 0.720. The van der Waals surface area contributed by atoms with Gasteiger partial charge >= 0.3 is 0 Å². The van der Waals surface area contributed by atoms with Crippen LogP contribution in [0.5, 0.6) is 0 Å². The molecule has 2 aliphatic heterocycles. The van der Waals surface area contributed by atoms with Crippen LogP contribution in [0.1, 0.15) is 16.7 Å². The molecule has 106 valence electrons. The van der Waals surface area contributed by atoms with Gasteiger partial charge in [0, 0.05) is 25.8 Å². The predicted octanol–water partition coefficient (Wildman–Crippen LogP) is 1.99. The molecule has 0 saturated carbocycles. The molecule has 2 aliphatic rings. The fraction of sp³-hybridized carbons (Fsp3) is 0.294. The highest BCUT2D eigenvalue weighted by molar-refractivity contribution is 6.03. The monoisotopic (exact) mass is 278 g/mol. The van der Waals surface area contributed by atoms with Crippen LogP contribution in [0.25, 0.3) is 0 Å². The third kappa shape index (κ3) is 2.27. The van der Waals surface area contributed by atoms with E-state index in [-0.39, 0.29) is 0 Å². The standard InChI is InChI=1S/C17H18N4/c1-2-5-14-12-21(11-7-13(14)4-1)17-15(6-3-8-20-17)16-18-9-10-19-16/h1-6,8H,7,9-12H2,(H,18,19). The lowest BCUT2D eigenvalue weighted by atomic mass is 9.99. The third-order valence-electron chi connectivity index (χ3n) is 4.15. The summed E-state index contributed by atoms with van der Waals surface area (Å²) in [5.74, 6) is 2.03. The first-order chi connectivity index (χ1) is 10.4. The van der Waals surface area contributed by atoms with Crippen molar-refractivity contribution in [2.24, 2.45) is 4.99 Å². The first-order valence-corrected chi connectivity index (χ1v) is 7.47. The number of hydrogen-bond donors (Lipinski definition) is 1. The Morgan fingerprint density at radius 1 is 1.05 bits per heavy atom. The van der Waals surface area contributed by atoms with Crippen molar-refractivity contribution in [3.8, 4) is 0 Å². The minimum absolute atomic E-state index is 0.854. The third-order valence-corrected chi connectivity index (χ3v) is 4.15. The van der Waals surface area contributed by atoms with Crippen molar-refractivity contribution in [2.45, 2.75) is 13.0 Å². The molecule has 4 nitrogen and oxygen atoms in total. The summed E-state index contributed by atoms with van der Waals surface area (Å²) in [6.45, 7) is 3.71. The Labute approximate surface area is 124 Å². The van der Waals surface area contributed by atoms with E-state index in [1.54, 1.807) is 0 Å². The number of nitrogens with zero attached hydrogens (tertiary/aromatic N) is 3. The fourth-order valence-corrected chi connectivity index (χ4v) is 3.09. The van der Waals surface area contributed by atoms with Crippen LogP contribution < -0.4 is 10.2 Å². The van der Waals surface area contributed by atoms with Gasteiger partial charge in [0.15, 0.2) is 0 Å². The van der Waals surface area contributed by atoms with Crippen LogP contribution in [0.4, 0.5) is 5.82 Å². The van der Waals surface area contributed by atoms with Crippen molar-refractivity contribution in [3.63, 3.8) is 0 Å². The van der Waals surface area contributed by atoms with Crippen molar-refractivity contribution >= 4 is 11.7 Å². The van der Waals surface area contributed by atoms with E-state index in [0.29, 0.717) is 0 Å². The minimum Gasteiger partial charge on any atom is -0.368 e. The SMILES string of the molecule is c1ccc2c(c1)CCN(c1ncccc1C1=NCCN1)C2. The number of nitrogens with one attached hydrogen (secondary N) is 1. The van der Waals surface area contributed by atoms with Gasteiger partial charge in [-0.05, 0) is 29.7 Å². The second-order valence-corrected chi connectivity index (χ2v) is 5.47. The van der Waals surface area contributed by atoms with Crippen molar-refractivity contribution in [3.05, 3.63) is 59.3 Å². The van der Waals surface area contributed by atoms with E-state index >= 15 is 0 Å². The molecule has 0 aliphatic carbocycles. The molecule has 4 heteroatoms. The molecule has 0 unspecified atom stereocenters. The maximum atomic E-state index is 4.62. The van der Waals surface area contributed by atoms with Gasteiger partial charge in [-0.1, -0.05) is 24.3 Å². The van der Waals surface area contributed by atoms with Crippen LogP contribution in [0.3, 0.4) is 0 Å². The number of hydrogen-bond acceptors (Lipinski definition) is 4. The normalized spacial score (nSPS) is 17.1. The number of pyridine rings is 1. The van der Waals surface area contributed by atoms with Crippen molar-refractivity contribution in [1.82, 2.24) is 10.3 Å². The Hall–Kier alpha value is -2.36. The summed E-state index contributed by atoms with van der Waals surface area (Å²) in [6.07, 6.45) is 2.95. The highest BCUT2D eigenvalue weighted by Gasteiger charge is 2.21. The molecule has 1 aromatic carbocycles. The highest BCUT2D eigenvalue weighted by Crippen LogP contribution is 2.25. The minimum atomic E-state index is 0.854. The summed E-state index contributed by atoms with van der Waals surface area (Å²) in [4.78, 5) is 11.5. The molecule has 0 atom stereocenters. The number of anilines is 1. The molecule has 21 heavy (non-hydrogen) atoms. The van der Waals surface area contributed by atoms with Gasteiger partial charge in [0.1, 0.15) is 11.7 Å². The van der Waals surface area contributed by atoms with E-state index in [2.05, 4.69) is 50.5 Å². The zero-order valence-corrected chi connectivity index (χ0v) is 11.9. The van der Waals surface area contributed by atoms with Crippen LogP contribution >= 0.6 is 0 Å². The van der Waals surface area contributed by atoms with Crippen molar-refractivity contribution in [1.29, 1.82) is 0 Å². The molecule has 1 aromatic heterocycles. The largest absolute Gasteiger partial charge is 0.368 e. The lowest BCUT2D eigenvalue weighted by Crippen LogP contribution is -2.33. The Bertz CT molecular complexity index is 693. The van der Waals surface area contributed by atoms with Crippen LogP contribution in [0.15, 0.2) is 47.6 Å². The second kappa shape index (κ2) is 5.20. The van der Waals surface area contributed by atoms with E-state index in [4.69, 9.17) is 0 Å². The van der Waals surface area contributed by atoms with E-state index in [1.165, 1.54) is 11.1 Å². The molecule has 0 radical (unpaired) electrons. The number of aliphatic imine (C=N–C) groups is 1. The van der Waals surface area contributed by atoms with Crippen molar-refractivity contribution in [2.75, 3.05) is 24.5 Å². The number of fused-ring (bicyclic) bond motifs is 1. The Morgan fingerprint density at radius 3 is 2.81 bits per heavy atom. The summed E-state index contributed by atoms with van der Waals surface area (Å²) in [7, 11) is 0. The van der Waals surface area contributed by atoms with Crippen LogP contribution in [0, 0.1) is 0 Å². The van der Waals surface area contributed by atoms with E-state index in [1.807, 2.05) is 12.3 Å². The molecule has 1 N–H and O–H groups in total. The molecule has 3 heterocycles. The molecule has 4 rings (SSSR count). The lowest BCUT2D eigenvalue weighted by Gasteiger charge is -2.31. The summed E-state index contributed by atoms with van der Waals surface area (Å²) in [5.41, 5.74) is 3.98. The Kier molecular flexibility index (Phi) is 3.07. The Balaban J connectivity index is 1.69. The van der Waals surface area contributed by atoms with Gasteiger partial charge in [-0.15, -0.1) is 0 Å². The molecule has 0 fully saturated rings. The summed E-state index contributed by atoms with van der Waals surface area (Å²) in [5, 5.41) is 3.35. The fourth-order valence-electron chi connectivity index (χ4n) is 3.09. The van der Waals surface area contributed by atoms with E-state index in [9.17, 15) is 0 Å². The van der Waals surface area contributed by atoms with Crippen LogP contribution in [-0.2, 0) is 13.0 Å². The number of aromatic nitrogens is 1. The topological polar surface area (TPSA) is 40.5 Å². The summed E-state index contributed by atoms with van der Waals surface area (Å²) in [6, 6.07) is 12.8. The van der Waals surface area contributed by atoms with Crippen LogP contribution in [-0.4, -0.2) is 30.5 Å². The van der Waals surface area contributed by atoms with Gasteiger partial charge in [0.05, 0.1) is 12.1 Å². The van der Waals surface area contributed by atoms with Gasteiger partial charge in [-0.25, -0.2) is 4.98 Å². The van der Waals surface area contributed by atoms with Crippen LogP contribution in [0.2, 0.25) is 0 Å². The Morgan fingerprint density at radius 2 is 1.95 bits per heavy atom. The average molecular weight is 278 g/mol. The van der Waals surface area contributed by atoms with E-state index < -0.39 is 0 Å². The molecule has 0 spiro atoms. The van der Waals surface area contributed by atoms with Gasteiger partial charge in [-0.2, -0.15) is 0 Å². The molecular weight excluding hydrogens is 260 g/mol.